The summed E-state index contributed by atoms with van der Waals surface area (Å²) in [5.41, 5.74) is 0.689. The second kappa shape index (κ2) is 7.35. The van der Waals surface area contributed by atoms with Crippen LogP contribution < -0.4 is 0 Å². The molecule has 0 spiro atoms. The zero-order valence-electron chi connectivity index (χ0n) is 14.9. The van der Waals surface area contributed by atoms with Crippen molar-refractivity contribution in [2.45, 2.75) is 30.6 Å². The van der Waals surface area contributed by atoms with Gasteiger partial charge in [-0.25, -0.2) is 13.1 Å². The van der Waals surface area contributed by atoms with Crippen LogP contribution in [0.2, 0.25) is 0 Å². The van der Waals surface area contributed by atoms with Crippen LogP contribution in [-0.4, -0.2) is 69.9 Å². The summed E-state index contributed by atoms with van der Waals surface area (Å²) >= 11 is 0. The molecule has 0 N–H and O–H groups in total. The maximum absolute atomic E-state index is 12.9. The Labute approximate surface area is 158 Å². The van der Waals surface area contributed by atoms with Gasteiger partial charge >= 0.3 is 0 Å². The molecule has 0 radical (unpaired) electrons. The predicted molar refractivity (Wildman–Crippen MR) is 96.5 cm³/mol. The van der Waals surface area contributed by atoms with E-state index in [1.54, 1.807) is 24.3 Å². The van der Waals surface area contributed by atoms with E-state index in [0.29, 0.717) is 31.6 Å². The van der Waals surface area contributed by atoms with Crippen molar-refractivity contribution in [1.82, 2.24) is 29.4 Å². The van der Waals surface area contributed by atoms with Crippen molar-refractivity contribution < 1.29 is 13.2 Å². The van der Waals surface area contributed by atoms with Crippen LogP contribution >= 0.6 is 0 Å². The molecule has 27 heavy (non-hydrogen) atoms. The summed E-state index contributed by atoms with van der Waals surface area (Å²) in [5, 5.41) is 10.9. The lowest BCUT2D eigenvalue weighted by Gasteiger charge is -2.32. The fraction of sp³-hybridized carbons (Fsp3) is 0.529. The lowest BCUT2D eigenvalue weighted by atomic mass is 9.97. The van der Waals surface area contributed by atoms with Crippen LogP contribution in [0.5, 0.6) is 0 Å². The van der Waals surface area contributed by atoms with Crippen LogP contribution in [-0.2, 0) is 14.8 Å². The Bertz CT molecular complexity index is 883. The van der Waals surface area contributed by atoms with Gasteiger partial charge in [-0.2, -0.15) is 4.31 Å². The molecule has 4 rings (SSSR count). The molecule has 2 fully saturated rings. The molecule has 0 bridgehead atoms. The van der Waals surface area contributed by atoms with Gasteiger partial charge in [-0.1, -0.05) is 0 Å². The zero-order chi connectivity index (χ0) is 18.9. The summed E-state index contributed by atoms with van der Waals surface area (Å²) in [6.07, 6.45) is 4.75. The van der Waals surface area contributed by atoms with Crippen LogP contribution in [0.15, 0.2) is 35.5 Å². The van der Waals surface area contributed by atoms with Crippen LogP contribution in [0.1, 0.15) is 25.7 Å². The number of carbonyl (C=O) groups excluding carboxylic acids is 1. The first-order valence-electron chi connectivity index (χ1n) is 9.18. The highest BCUT2D eigenvalue weighted by Crippen LogP contribution is 2.26. The van der Waals surface area contributed by atoms with Gasteiger partial charge in [-0.3, -0.25) is 4.79 Å². The average molecular weight is 390 g/mol. The van der Waals surface area contributed by atoms with Crippen molar-refractivity contribution in [2.24, 2.45) is 5.92 Å². The molecule has 144 valence electrons. The molecule has 3 heterocycles. The second-order valence-electron chi connectivity index (χ2n) is 6.96. The highest BCUT2D eigenvalue weighted by Gasteiger charge is 2.34. The Morgan fingerprint density at radius 3 is 2.26 bits per heavy atom. The molecule has 9 nitrogen and oxygen atoms in total. The SMILES string of the molecule is O=C(C1CCN(S(=O)(=O)c2ccc(-n3cnnn3)cc2)CC1)N1CCCC1. The van der Waals surface area contributed by atoms with Crippen molar-refractivity contribution in [3.05, 3.63) is 30.6 Å². The largest absolute Gasteiger partial charge is 0.342 e. The lowest BCUT2D eigenvalue weighted by molar-refractivity contribution is -0.135. The van der Waals surface area contributed by atoms with E-state index in [1.165, 1.54) is 15.3 Å². The first kappa shape index (κ1) is 18.1. The topological polar surface area (TPSA) is 101 Å². The monoisotopic (exact) mass is 390 g/mol. The number of aromatic nitrogens is 4. The molecule has 1 amide bonds. The van der Waals surface area contributed by atoms with Gasteiger partial charge in [0.25, 0.3) is 0 Å². The third-order valence-electron chi connectivity index (χ3n) is 5.31. The van der Waals surface area contributed by atoms with Gasteiger partial charge in [0.05, 0.1) is 10.6 Å². The number of piperidine rings is 1. The van der Waals surface area contributed by atoms with Crippen molar-refractivity contribution in [3.63, 3.8) is 0 Å². The molecule has 1 aromatic carbocycles. The van der Waals surface area contributed by atoms with Gasteiger partial charge in [0.2, 0.25) is 15.9 Å². The summed E-state index contributed by atoms with van der Waals surface area (Å²) < 4.78 is 28.7. The van der Waals surface area contributed by atoms with Gasteiger partial charge in [0, 0.05) is 32.1 Å². The van der Waals surface area contributed by atoms with E-state index >= 15 is 0 Å². The lowest BCUT2D eigenvalue weighted by Crippen LogP contribution is -2.43. The maximum atomic E-state index is 12.9. The normalized spacial score (nSPS) is 19.5. The van der Waals surface area contributed by atoms with Crippen LogP contribution in [0.25, 0.3) is 5.69 Å². The Morgan fingerprint density at radius 1 is 1.00 bits per heavy atom. The number of likely N-dealkylation sites (tertiary alicyclic amines) is 1. The highest BCUT2D eigenvalue weighted by atomic mass is 32.2. The first-order chi connectivity index (χ1) is 13.1. The number of tetrazole rings is 1. The summed E-state index contributed by atoms with van der Waals surface area (Å²) in [7, 11) is -3.57. The average Bonchev–Trinajstić information content (AvgIpc) is 3.41. The minimum atomic E-state index is -3.57. The van der Waals surface area contributed by atoms with Gasteiger partial charge in [0.15, 0.2) is 0 Å². The fourth-order valence-corrected chi connectivity index (χ4v) is 5.21. The third-order valence-corrected chi connectivity index (χ3v) is 7.22. The van der Waals surface area contributed by atoms with E-state index in [1.807, 2.05) is 4.90 Å². The molecule has 10 heteroatoms. The molecule has 2 aliphatic heterocycles. The van der Waals surface area contributed by atoms with E-state index in [4.69, 9.17) is 0 Å². The van der Waals surface area contributed by atoms with Crippen LogP contribution in [0.4, 0.5) is 0 Å². The summed E-state index contributed by atoms with van der Waals surface area (Å²) in [6.45, 7) is 2.43. The van der Waals surface area contributed by atoms with E-state index in [9.17, 15) is 13.2 Å². The van der Waals surface area contributed by atoms with Crippen molar-refractivity contribution in [3.8, 4) is 5.69 Å². The third kappa shape index (κ3) is 3.59. The summed E-state index contributed by atoms with van der Waals surface area (Å²) in [5.74, 6) is 0.132. The van der Waals surface area contributed by atoms with Crippen LogP contribution in [0, 0.1) is 5.92 Å². The standard InChI is InChI=1S/C17H22N6O3S/c24-17(21-9-1-2-10-21)14-7-11-22(12-8-14)27(25,26)16-5-3-15(4-6-16)23-13-18-19-20-23/h3-6,13-14H,1-2,7-12H2. The number of rotatable bonds is 4. The molecule has 2 saturated heterocycles. The maximum Gasteiger partial charge on any atom is 0.243 e. The second-order valence-corrected chi connectivity index (χ2v) is 8.90. The number of hydrogen-bond donors (Lipinski definition) is 0. The number of amides is 1. The van der Waals surface area contributed by atoms with Gasteiger partial charge in [0.1, 0.15) is 6.33 Å². The Kier molecular flexibility index (Phi) is 4.92. The number of hydrogen-bond acceptors (Lipinski definition) is 6. The molecular formula is C17H22N6O3S. The number of benzene rings is 1. The minimum Gasteiger partial charge on any atom is -0.342 e. The number of carbonyl (C=O) groups is 1. The zero-order valence-corrected chi connectivity index (χ0v) is 15.8. The van der Waals surface area contributed by atoms with E-state index in [2.05, 4.69) is 15.5 Å². The van der Waals surface area contributed by atoms with Crippen molar-refractivity contribution in [2.75, 3.05) is 26.2 Å². The number of sulfonamides is 1. The highest BCUT2D eigenvalue weighted by molar-refractivity contribution is 7.89. The molecule has 1 aromatic heterocycles. The minimum absolute atomic E-state index is 0.0586. The summed E-state index contributed by atoms with van der Waals surface area (Å²) in [4.78, 5) is 14.7. The van der Waals surface area contributed by atoms with E-state index < -0.39 is 10.0 Å². The van der Waals surface area contributed by atoms with Crippen LogP contribution in [0.3, 0.4) is 0 Å². The van der Waals surface area contributed by atoms with E-state index in [-0.39, 0.29) is 16.7 Å². The quantitative estimate of drug-likeness (QED) is 0.761. The molecule has 0 unspecified atom stereocenters. The molecule has 2 aromatic rings. The number of nitrogens with zero attached hydrogens (tertiary/aromatic N) is 6. The Hall–Kier alpha value is -2.33. The van der Waals surface area contributed by atoms with Crippen molar-refractivity contribution >= 4 is 15.9 Å². The fourth-order valence-electron chi connectivity index (χ4n) is 3.74. The van der Waals surface area contributed by atoms with E-state index in [0.717, 1.165) is 25.9 Å². The smallest absolute Gasteiger partial charge is 0.243 e. The Morgan fingerprint density at radius 2 is 1.67 bits per heavy atom. The molecule has 0 aliphatic carbocycles. The Balaban J connectivity index is 1.42. The van der Waals surface area contributed by atoms with Gasteiger partial charge in [-0.05, 0) is 60.4 Å². The van der Waals surface area contributed by atoms with Gasteiger partial charge in [-0.15, -0.1) is 5.10 Å². The predicted octanol–water partition coefficient (Wildman–Crippen LogP) is 0.685. The first-order valence-corrected chi connectivity index (χ1v) is 10.6. The molecular weight excluding hydrogens is 368 g/mol. The molecule has 2 aliphatic rings. The molecule has 0 saturated carbocycles. The van der Waals surface area contributed by atoms with Crippen molar-refractivity contribution in [1.29, 1.82) is 0 Å². The summed E-state index contributed by atoms with van der Waals surface area (Å²) in [6, 6.07) is 6.47. The van der Waals surface area contributed by atoms with Gasteiger partial charge < -0.3 is 4.90 Å². The molecule has 0 atom stereocenters.